The number of carbonyl (C=O) groups is 2. The van der Waals surface area contributed by atoms with Crippen molar-refractivity contribution in [3.05, 3.63) is 89.0 Å². The molecule has 9 heteroatoms. The molecule has 0 bridgehead atoms. The van der Waals surface area contributed by atoms with E-state index in [-0.39, 0.29) is 34.7 Å². The van der Waals surface area contributed by atoms with Gasteiger partial charge in [0, 0.05) is 29.4 Å². The van der Waals surface area contributed by atoms with Gasteiger partial charge in [-0.15, -0.1) is 0 Å². The molecule has 36 heavy (non-hydrogen) atoms. The van der Waals surface area contributed by atoms with Crippen molar-refractivity contribution in [2.24, 2.45) is 5.73 Å². The van der Waals surface area contributed by atoms with Gasteiger partial charge in [0.25, 0.3) is 11.8 Å². The van der Waals surface area contributed by atoms with Crippen LogP contribution in [0.1, 0.15) is 52.6 Å². The number of hydrogen-bond acceptors (Lipinski definition) is 5. The molecule has 0 aliphatic carbocycles. The van der Waals surface area contributed by atoms with E-state index in [2.05, 4.69) is 36.7 Å². The van der Waals surface area contributed by atoms with Crippen molar-refractivity contribution in [1.29, 1.82) is 0 Å². The largest absolute Gasteiger partial charge is 1.00 e. The number of methoxy groups -OCH3 is 1. The van der Waals surface area contributed by atoms with Gasteiger partial charge in [0.1, 0.15) is 5.75 Å². The van der Waals surface area contributed by atoms with Crippen LogP contribution in [0.4, 0.5) is 11.4 Å². The Kier molecular flexibility index (Phi) is 9.98. The van der Waals surface area contributed by atoms with Crippen LogP contribution < -0.4 is 38.8 Å². The molecule has 0 aliphatic heterocycles. The zero-order valence-electron chi connectivity index (χ0n) is 20.6. The Morgan fingerprint density at radius 1 is 0.889 bits per heavy atom. The smallest absolute Gasteiger partial charge is 0.257 e. The lowest BCUT2D eigenvalue weighted by Gasteiger charge is -2.19. The lowest BCUT2D eigenvalue weighted by atomic mass is 9.87. The van der Waals surface area contributed by atoms with Crippen LogP contribution in [0.2, 0.25) is 0 Å². The molecule has 0 spiro atoms. The van der Waals surface area contributed by atoms with E-state index in [1.165, 1.54) is 7.11 Å². The van der Waals surface area contributed by atoms with Gasteiger partial charge in [-0.05, 0) is 65.2 Å². The van der Waals surface area contributed by atoms with Crippen LogP contribution in [0.15, 0.2) is 66.7 Å². The summed E-state index contributed by atoms with van der Waals surface area (Å²) in [4.78, 5) is 25.2. The molecule has 190 valence electrons. The number of ether oxygens (including phenoxy) is 1. The maximum atomic E-state index is 12.6. The summed E-state index contributed by atoms with van der Waals surface area (Å²) in [5.41, 5.74) is 9.81. The van der Waals surface area contributed by atoms with Crippen molar-refractivity contribution in [3.8, 4) is 5.75 Å². The van der Waals surface area contributed by atoms with Gasteiger partial charge in [0.15, 0.2) is 5.11 Å². The third-order valence-electron chi connectivity index (χ3n) is 5.40. The van der Waals surface area contributed by atoms with Gasteiger partial charge in [-0.25, -0.2) is 0 Å². The van der Waals surface area contributed by atoms with Crippen molar-refractivity contribution in [2.45, 2.75) is 32.7 Å². The second-order valence-electron chi connectivity index (χ2n) is 9.01. The van der Waals surface area contributed by atoms with Crippen molar-refractivity contribution in [1.82, 2.24) is 5.32 Å². The minimum absolute atomic E-state index is 0. The number of amides is 2. The van der Waals surface area contributed by atoms with Gasteiger partial charge >= 0.3 is 0 Å². The van der Waals surface area contributed by atoms with Gasteiger partial charge in [-0.2, -0.15) is 0 Å². The van der Waals surface area contributed by atoms with E-state index in [1.807, 2.05) is 24.3 Å². The first-order chi connectivity index (χ1) is 16.6. The van der Waals surface area contributed by atoms with Crippen molar-refractivity contribution < 1.29 is 26.7 Å². The summed E-state index contributed by atoms with van der Waals surface area (Å²) in [5.74, 6) is -0.138. The Hall–Kier alpha value is -3.46. The predicted octanol–water partition coefficient (Wildman–Crippen LogP) is 1.83. The Morgan fingerprint density at radius 2 is 1.47 bits per heavy atom. The normalized spacial score (nSPS) is 10.6. The molecule has 2 amide bonds. The summed E-state index contributed by atoms with van der Waals surface area (Å²) in [6.07, 6.45) is 0. The number of carbonyl (C=O) groups excluding carboxylic acids is 2. The molecule has 0 aliphatic rings. The first-order valence-corrected chi connectivity index (χ1v) is 11.5. The SMILES string of the molecule is COc1cc(NC(=S)NC(=O)c2ccc(C(C)(C)C)cc2)ccc1NC(=O)c1ccc(CN)cc1.[Cl-]. The fourth-order valence-corrected chi connectivity index (χ4v) is 3.53. The van der Waals surface area contributed by atoms with Gasteiger partial charge < -0.3 is 33.5 Å². The van der Waals surface area contributed by atoms with Crippen LogP contribution in [0, 0.1) is 0 Å². The van der Waals surface area contributed by atoms with E-state index < -0.39 is 0 Å². The van der Waals surface area contributed by atoms with Crippen LogP contribution in [0.3, 0.4) is 0 Å². The standard InChI is InChI=1S/C27H30N4O3S.ClH/c1-27(2,3)20-11-9-19(10-12-20)25(33)31-26(35)29-21-13-14-22(23(15-21)34-4)30-24(32)18-7-5-17(16-28)6-8-18;/h5-15H,16,28H2,1-4H3,(H,30,32)(H2,29,31,33,35);1H/p-1. The van der Waals surface area contributed by atoms with E-state index in [0.717, 1.165) is 11.1 Å². The van der Waals surface area contributed by atoms with Crippen LogP contribution in [0.5, 0.6) is 5.75 Å². The highest BCUT2D eigenvalue weighted by molar-refractivity contribution is 7.80. The summed E-state index contributed by atoms with van der Waals surface area (Å²) < 4.78 is 5.43. The molecule has 0 heterocycles. The monoisotopic (exact) mass is 525 g/mol. The molecule has 0 unspecified atom stereocenters. The predicted molar refractivity (Wildman–Crippen MR) is 144 cm³/mol. The molecule has 3 aromatic rings. The molecular weight excluding hydrogens is 496 g/mol. The summed E-state index contributed by atoms with van der Waals surface area (Å²) in [5, 5.41) is 8.64. The summed E-state index contributed by atoms with van der Waals surface area (Å²) in [6.45, 7) is 6.76. The summed E-state index contributed by atoms with van der Waals surface area (Å²) >= 11 is 5.30. The van der Waals surface area contributed by atoms with Crippen LogP contribution in [0.25, 0.3) is 0 Å². The lowest BCUT2D eigenvalue weighted by molar-refractivity contribution is -0.0000234. The number of nitrogens with one attached hydrogen (secondary N) is 3. The number of rotatable bonds is 6. The van der Waals surface area contributed by atoms with Crippen molar-refractivity contribution in [2.75, 3.05) is 17.7 Å². The molecule has 0 aromatic heterocycles. The fourth-order valence-electron chi connectivity index (χ4n) is 3.32. The number of halogens is 1. The molecule has 5 N–H and O–H groups in total. The second kappa shape index (κ2) is 12.5. The molecule has 0 fully saturated rings. The van der Waals surface area contributed by atoms with Crippen LogP contribution in [-0.2, 0) is 12.0 Å². The lowest BCUT2D eigenvalue weighted by Crippen LogP contribution is -3.00. The maximum absolute atomic E-state index is 12.6. The van der Waals surface area contributed by atoms with E-state index >= 15 is 0 Å². The summed E-state index contributed by atoms with van der Waals surface area (Å²) in [7, 11) is 1.51. The van der Waals surface area contributed by atoms with Gasteiger partial charge in [0.05, 0.1) is 12.8 Å². The average Bonchev–Trinajstić information content (AvgIpc) is 2.84. The van der Waals surface area contributed by atoms with E-state index in [4.69, 9.17) is 22.7 Å². The highest BCUT2D eigenvalue weighted by atomic mass is 35.5. The number of anilines is 2. The quantitative estimate of drug-likeness (QED) is 0.366. The van der Waals surface area contributed by atoms with Crippen molar-refractivity contribution >= 4 is 40.5 Å². The zero-order valence-corrected chi connectivity index (χ0v) is 22.2. The van der Waals surface area contributed by atoms with Gasteiger partial charge in [-0.1, -0.05) is 45.0 Å². The topological polar surface area (TPSA) is 105 Å². The van der Waals surface area contributed by atoms with Crippen LogP contribution in [-0.4, -0.2) is 24.0 Å². The Labute approximate surface area is 223 Å². The zero-order chi connectivity index (χ0) is 25.6. The Balaban J connectivity index is 0.00000456. The summed E-state index contributed by atoms with van der Waals surface area (Å²) in [6, 6.07) is 19.6. The third-order valence-corrected chi connectivity index (χ3v) is 5.60. The average molecular weight is 526 g/mol. The number of nitrogens with two attached hydrogens (primary N) is 1. The Bertz CT molecular complexity index is 1220. The molecule has 3 rings (SSSR count). The van der Waals surface area contributed by atoms with Gasteiger partial charge in [0.2, 0.25) is 0 Å². The Morgan fingerprint density at radius 3 is 2.03 bits per heavy atom. The van der Waals surface area contributed by atoms with E-state index in [1.54, 1.807) is 42.5 Å². The van der Waals surface area contributed by atoms with E-state index in [9.17, 15) is 9.59 Å². The van der Waals surface area contributed by atoms with Gasteiger partial charge in [-0.3, -0.25) is 14.9 Å². The molecular formula is C27H30ClN4O3S-. The molecule has 7 nitrogen and oxygen atoms in total. The molecule has 3 aromatic carbocycles. The molecule has 0 radical (unpaired) electrons. The molecule has 0 saturated heterocycles. The van der Waals surface area contributed by atoms with E-state index in [0.29, 0.717) is 34.8 Å². The second-order valence-corrected chi connectivity index (χ2v) is 9.41. The molecule has 0 saturated carbocycles. The maximum Gasteiger partial charge on any atom is 0.257 e. The minimum Gasteiger partial charge on any atom is -1.00 e. The number of benzene rings is 3. The highest BCUT2D eigenvalue weighted by Crippen LogP contribution is 2.28. The molecule has 0 atom stereocenters. The first-order valence-electron chi connectivity index (χ1n) is 11.1. The first kappa shape index (κ1) is 28.8. The third kappa shape index (κ3) is 7.52. The highest BCUT2D eigenvalue weighted by Gasteiger charge is 2.15. The van der Waals surface area contributed by atoms with Crippen LogP contribution >= 0.6 is 12.2 Å². The number of hydrogen-bond donors (Lipinski definition) is 4. The van der Waals surface area contributed by atoms with Crippen molar-refractivity contribution in [3.63, 3.8) is 0 Å². The number of thiocarbonyl (C=S) groups is 1. The fraction of sp³-hybridized carbons (Fsp3) is 0.222. The minimum atomic E-state index is -0.306.